The number of halogens is 1. The standard InChI is InChI=1S/C19H19ClN2O6S/c1-3-9-27-18(23)11-22-16-8-7-13(10-17(16)28-19(22)24)29(25,26)21-15-6-4-5-14(20)12(15)2/h4-8,10,21H,3,9,11H2,1-2H3. The van der Waals surface area contributed by atoms with Crippen molar-refractivity contribution in [1.29, 1.82) is 0 Å². The number of hydrogen-bond donors (Lipinski definition) is 1. The first-order chi connectivity index (χ1) is 13.7. The lowest BCUT2D eigenvalue weighted by Crippen LogP contribution is -2.21. The van der Waals surface area contributed by atoms with Gasteiger partial charge in [0.1, 0.15) is 6.54 Å². The molecule has 1 heterocycles. The molecule has 0 unspecified atom stereocenters. The number of esters is 1. The van der Waals surface area contributed by atoms with Crippen LogP contribution in [0.3, 0.4) is 0 Å². The van der Waals surface area contributed by atoms with Gasteiger partial charge in [0.15, 0.2) is 5.58 Å². The minimum atomic E-state index is -3.95. The molecule has 0 saturated carbocycles. The second-order valence-electron chi connectivity index (χ2n) is 6.32. The Balaban J connectivity index is 1.92. The Morgan fingerprint density at radius 1 is 1.28 bits per heavy atom. The lowest BCUT2D eigenvalue weighted by Gasteiger charge is -2.11. The summed E-state index contributed by atoms with van der Waals surface area (Å²) in [6, 6.07) is 8.85. The zero-order chi connectivity index (χ0) is 21.2. The van der Waals surface area contributed by atoms with E-state index in [0.29, 0.717) is 28.2 Å². The van der Waals surface area contributed by atoms with Crippen molar-refractivity contribution >= 4 is 44.4 Å². The number of fused-ring (bicyclic) bond motifs is 1. The molecule has 0 fully saturated rings. The number of nitrogens with zero attached hydrogens (tertiary/aromatic N) is 1. The second-order valence-corrected chi connectivity index (χ2v) is 8.41. The third-order valence-electron chi connectivity index (χ3n) is 4.22. The van der Waals surface area contributed by atoms with E-state index in [2.05, 4.69) is 4.72 Å². The number of benzene rings is 2. The van der Waals surface area contributed by atoms with Gasteiger partial charge in [0.25, 0.3) is 10.0 Å². The average Bonchev–Trinajstić information content (AvgIpc) is 2.98. The molecule has 0 atom stereocenters. The van der Waals surface area contributed by atoms with Crippen LogP contribution in [0.5, 0.6) is 0 Å². The first-order valence-electron chi connectivity index (χ1n) is 8.80. The molecule has 0 radical (unpaired) electrons. The highest BCUT2D eigenvalue weighted by Gasteiger charge is 2.20. The number of nitrogens with one attached hydrogen (secondary N) is 1. The van der Waals surface area contributed by atoms with Crippen LogP contribution in [0.4, 0.5) is 5.69 Å². The molecule has 0 saturated heterocycles. The van der Waals surface area contributed by atoms with Crippen molar-refractivity contribution in [3.63, 3.8) is 0 Å². The molecule has 10 heteroatoms. The molecule has 1 aromatic heterocycles. The van der Waals surface area contributed by atoms with Crippen molar-refractivity contribution < 1.29 is 22.4 Å². The Morgan fingerprint density at radius 3 is 2.76 bits per heavy atom. The van der Waals surface area contributed by atoms with Gasteiger partial charge in [0, 0.05) is 11.1 Å². The van der Waals surface area contributed by atoms with Crippen LogP contribution in [0.1, 0.15) is 18.9 Å². The molecule has 2 aromatic carbocycles. The first kappa shape index (κ1) is 20.9. The number of carbonyl (C=O) groups excluding carboxylic acids is 1. The Labute approximate surface area is 172 Å². The van der Waals surface area contributed by atoms with E-state index >= 15 is 0 Å². The normalized spacial score (nSPS) is 11.6. The maximum atomic E-state index is 12.7. The van der Waals surface area contributed by atoms with Gasteiger partial charge in [0.05, 0.1) is 22.7 Å². The smallest absolute Gasteiger partial charge is 0.420 e. The van der Waals surface area contributed by atoms with Crippen LogP contribution in [-0.2, 0) is 26.1 Å². The van der Waals surface area contributed by atoms with Gasteiger partial charge in [-0.1, -0.05) is 24.6 Å². The molecule has 0 aliphatic carbocycles. The van der Waals surface area contributed by atoms with E-state index < -0.39 is 21.7 Å². The molecule has 8 nitrogen and oxygen atoms in total. The van der Waals surface area contributed by atoms with Crippen molar-refractivity contribution in [2.24, 2.45) is 0 Å². The number of hydrogen-bond acceptors (Lipinski definition) is 6. The summed E-state index contributed by atoms with van der Waals surface area (Å²) >= 11 is 6.04. The van der Waals surface area contributed by atoms with Gasteiger partial charge in [-0.25, -0.2) is 13.2 Å². The minimum Gasteiger partial charge on any atom is -0.464 e. The highest BCUT2D eigenvalue weighted by Crippen LogP contribution is 2.26. The number of aromatic nitrogens is 1. The summed E-state index contributed by atoms with van der Waals surface area (Å²) in [5, 5.41) is 0.429. The summed E-state index contributed by atoms with van der Waals surface area (Å²) in [4.78, 5) is 23.8. The molecular formula is C19H19ClN2O6S. The monoisotopic (exact) mass is 438 g/mol. The molecule has 154 valence electrons. The van der Waals surface area contributed by atoms with Crippen LogP contribution >= 0.6 is 11.6 Å². The van der Waals surface area contributed by atoms with Crippen molar-refractivity contribution in [3.8, 4) is 0 Å². The summed E-state index contributed by atoms with van der Waals surface area (Å²) in [5.41, 5.74) is 1.27. The van der Waals surface area contributed by atoms with E-state index in [1.165, 1.54) is 18.2 Å². The van der Waals surface area contributed by atoms with Crippen LogP contribution in [0.25, 0.3) is 11.1 Å². The average molecular weight is 439 g/mol. The molecule has 0 bridgehead atoms. The third-order valence-corrected chi connectivity index (χ3v) is 5.99. The van der Waals surface area contributed by atoms with Gasteiger partial charge < -0.3 is 9.15 Å². The highest BCUT2D eigenvalue weighted by atomic mass is 35.5. The third kappa shape index (κ3) is 4.46. The number of carbonyl (C=O) groups is 1. The van der Waals surface area contributed by atoms with Crippen LogP contribution in [0, 0.1) is 6.92 Å². The number of sulfonamides is 1. The quantitative estimate of drug-likeness (QED) is 0.567. The highest BCUT2D eigenvalue weighted by molar-refractivity contribution is 7.92. The Bertz CT molecular complexity index is 1230. The fourth-order valence-corrected chi connectivity index (χ4v) is 3.99. The summed E-state index contributed by atoms with van der Waals surface area (Å²) in [5.74, 6) is -1.35. The van der Waals surface area contributed by atoms with Crippen molar-refractivity contribution in [2.75, 3.05) is 11.3 Å². The van der Waals surface area contributed by atoms with E-state index in [0.717, 1.165) is 4.57 Å². The summed E-state index contributed by atoms with van der Waals surface area (Å²) in [6.07, 6.45) is 0.660. The van der Waals surface area contributed by atoms with Gasteiger partial charge in [-0.3, -0.25) is 14.1 Å². The number of oxazole rings is 1. The Morgan fingerprint density at radius 2 is 2.03 bits per heavy atom. The van der Waals surface area contributed by atoms with E-state index in [4.69, 9.17) is 20.8 Å². The maximum absolute atomic E-state index is 12.7. The van der Waals surface area contributed by atoms with Gasteiger partial charge >= 0.3 is 11.7 Å². The first-order valence-corrected chi connectivity index (χ1v) is 10.7. The molecule has 0 amide bonds. The fourth-order valence-electron chi connectivity index (χ4n) is 2.68. The van der Waals surface area contributed by atoms with Crippen molar-refractivity contribution in [2.45, 2.75) is 31.7 Å². The van der Waals surface area contributed by atoms with Crippen LogP contribution in [0.2, 0.25) is 5.02 Å². The molecule has 1 N–H and O–H groups in total. The zero-order valence-corrected chi connectivity index (χ0v) is 17.3. The lowest BCUT2D eigenvalue weighted by atomic mass is 10.2. The molecule has 29 heavy (non-hydrogen) atoms. The van der Waals surface area contributed by atoms with E-state index in [1.807, 2.05) is 6.92 Å². The molecule has 0 aliphatic heterocycles. The fraction of sp³-hybridized carbons (Fsp3) is 0.263. The largest absolute Gasteiger partial charge is 0.464 e. The van der Waals surface area contributed by atoms with Gasteiger partial charge in [-0.15, -0.1) is 0 Å². The Kier molecular flexibility index (Phi) is 5.99. The SMILES string of the molecule is CCCOC(=O)Cn1c(=O)oc2cc(S(=O)(=O)Nc3cccc(Cl)c3C)ccc21. The lowest BCUT2D eigenvalue weighted by molar-refractivity contribution is -0.144. The zero-order valence-electron chi connectivity index (χ0n) is 15.8. The minimum absolute atomic E-state index is 0.0454. The molecule has 3 rings (SSSR count). The van der Waals surface area contributed by atoms with Crippen molar-refractivity contribution in [3.05, 3.63) is 57.5 Å². The molecule has 0 spiro atoms. The predicted molar refractivity (Wildman–Crippen MR) is 109 cm³/mol. The summed E-state index contributed by atoms with van der Waals surface area (Å²) in [6.45, 7) is 3.48. The van der Waals surface area contributed by atoms with Gasteiger partial charge in [-0.2, -0.15) is 0 Å². The molecule has 0 aliphatic rings. The predicted octanol–water partition coefficient (Wildman–Crippen LogP) is 3.31. The van der Waals surface area contributed by atoms with E-state index in [9.17, 15) is 18.0 Å². The maximum Gasteiger partial charge on any atom is 0.420 e. The Hall–Kier alpha value is -2.78. The number of ether oxygens (including phenoxy) is 1. The molecular weight excluding hydrogens is 420 g/mol. The van der Waals surface area contributed by atoms with Crippen LogP contribution in [-0.4, -0.2) is 25.6 Å². The van der Waals surface area contributed by atoms with Crippen LogP contribution in [0.15, 0.2) is 50.5 Å². The van der Waals surface area contributed by atoms with Crippen LogP contribution < -0.4 is 10.5 Å². The topological polar surface area (TPSA) is 108 Å². The summed E-state index contributed by atoms with van der Waals surface area (Å²) in [7, 11) is -3.95. The second kappa shape index (κ2) is 8.30. The van der Waals surface area contributed by atoms with E-state index in [1.54, 1.807) is 25.1 Å². The van der Waals surface area contributed by atoms with Gasteiger partial charge in [0.2, 0.25) is 0 Å². The number of anilines is 1. The van der Waals surface area contributed by atoms with Gasteiger partial charge in [-0.05, 0) is 43.2 Å². The number of rotatable bonds is 7. The van der Waals surface area contributed by atoms with E-state index in [-0.39, 0.29) is 23.6 Å². The summed E-state index contributed by atoms with van der Waals surface area (Å²) < 4.78 is 39.1. The van der Waals surface area contributed by atoms with Crippen molar-refractivity contribution in [1.82, 2.24) is 4.57 Å². The molecule has 3 aromatic rings.